The number of carbonyl (C=O) groups is 1. The number of carbonyl (C=O) groups excluding carboxylic acids is 1. The Morgan fingerprint density at radius 3 is 3.12 bits per heavy atom. The number of aryl methyl sites for hydroxylation is 2. The first kappa shape index (κ1) is 17.0. The van der Waals surface area contributed by atoms with Gasteiger partial charge in [0.15, 0.2) is 0 Å². The summed E-state index contributed by atoms with van der Waals surface area (Å²) in [4.78, 5) is 28.5. The van der Waals surface area contributed by atoms with Crippen molar-refractivity contribution in [2.24, 2.45) is 0 Å². The van der Waals surface area contributed by atoms with Crippen molar-refractivity contribution in [3.63, 3.8) is 0 Å². The minimum absolute atomic E-state index is 0.0737. The van der Waals surface area contributed by atoms with E-state index in [0.717, 1.165) is 42.0 Å². The molecule has 0 spiro atoms. The molecule has 0 fully saturated rings. The van der Waals surface area contributed by atoms with Crippen LogP contribution in [0.2, 0.25) is 0 Å². The number of thiazole rings is 1. The molecule has 1 atom stereocenters. The number of amides is 1. The van der Waals surface area contributed by atoms with Crippen molar-refractivity contribution in [3.05, 3.63) is 45.6 Å². The summed E-state index contributed by atoms with van der Waals surface area (Å²) < 4.78 is 2.86. The predicted molar refractivity (Wildman–Crippen MR) is 100 cm³/mol. The number of H-pyrrole nitrogens is 1. The van der Waals surface area contributed by atoms with E-state index in [-0.39, 0.29) is 17.6 Å². The van der Waals surface area contributed by atoms with Gasteiger partial charge in [-0.1, -0.05) is 12.1 Å². The van der Waals surface area contributed by atoms with Gasteiger partial charge in [-0.05, 0) is 37.8 Å². The van der Waals surface area contributed by atoms with Crippen molar-refractivity contribution >= 4 is 27.5 Å². The molecule has 3 aromatic rings. The molecule has 8 heteroatoms. The summed E-state index contributed by atoms with van der Waals surface area (Å²) in [5.41, 5.74) is 0.866. The van der Waals surface area contributed by atoms with E-state index < -0.39 is 0 Å². The maximum atomic E-state index is 12.2. The smallest absolute Gasteiger partial charge is 0.343 e. The van der Waals surface area contributed by atoms with Gasteiger partial charge in [0.2, 0.25) is 5.91 Å². The highest BCUT2D eigenvalue weighted by Crippen LogP contribution is 2.22. The molecule has 1 aromatic carbocycles. The third-order valence-corrected chi connectivity index (χ3v) is 5.85. The number of aromatic amines is 1. The van der Waals surface area contributed by atoms with E-state index in [0.29, 0.717) is 19.4 Å². The molecule has 0 saturated heterocycles. The lowest BCUT2D eigenvalue weighted by atomic mass is 10.1. The summed E-state index contributed by atoms with van der Waals surface area (Å²) >= 11 is 1.70. The van der Waals surface area contributed by atoms with Crippen LogP contribution in [0.15, 0.2) is 29.1 Å². The molecule has 0 aliphatic carbocycles. The third-order valence-electron chi connectivity index (χ3n) is 4.75. The van der Waals surface area contributed by atoms with Gasteiger partial charge in [-0.25, -0.2) is 14.9 Å². The number of nitrogens with one attached hydrogen (secondary N) is 2. The molecule has 1 amide bonds. The van der Waals surface area contributed by atoms with Crippen LogP contribution < -0.4 is 11.0 Å². The minimum Gasteiger partial charge on any atom is -0.353 e. The van der Waals surface area contributed by atoms with Gasteiger partial charge < -0.3 is 5.32 Å². The van der Waals surface area contributed by atoms with Gasteiger partial charge in [0.1, 0.15) is 5.82 Å². The number of nitrogens with zero attached hydrogens (tertiary/aromatic N) is 3. The van der Waals surface area contributed by atoms with E-state index >= 15 is 0 Å². The molecule has 136 valence electrons. The van der Waals surface area contributed by atoms with Crippen molar-refractivity contribution < 1.29 is 4.79 Å². The van der Waals surface area contributed by atoms with Crippen LogP contribution in [0.1, 0.15) is 36.5 Å². The van der Waals surface area contributed by atoms with Gasteiger partial charge >= 0.3 is 5.69 Å². The number of aromatic nitrogens is 4. The normalized spacial score (nSPS) is 17.0. The topological polar surface area (TPSA) is 92.7 Å². The lowest BCUT2D eigenvalue weighted by Crippen LogP contribution is -2.35. The fourth-order valence-electron chi connectivity index (χ4n) is 3.38. The van der Waals surface area contributed by atoms with Gasteiger partial charge in [0, 0.05) is 25.4 Å². The number of hydrogen-bond donors (Lipinski definition) is 2. The molecule has 2 aromatic heterocycles. The Kier molecular flexibility index (Phi) is 4.83. The summed E-state index contributed by atoms with van der Waals surface area (Å²) in [6.45, 7) is 0.599. The monoisotopic (exact) mass is 371 g/mol. The zero-order valence-corrected chi connectivity index (χ0v) is 15.2. The minimum atomic E-state index is -0.164. The van der Waals surface area contributed by atoms with E-state index in [2.05, 4.69) is 26.6 Å². The Morgan fingerprint density at radius 2 is 2.23 bits per heavy atom. The molecule has 2 N–H and O–H groups in total. The molecular weight excluding hydrogens is 350 g/mol. The molecular formula is C18H21N5O2S. The van der Waals surface area contributed by atoms with E-state index in [4.69, 9.17) is 0 Å². The number of para-hydroxylation sites is 1. The van der Waals surface area contributed by atoms with Crippen molar-refractivity contribution in [2.75, 3.05) is 0 Å². The molecule has 0 bridgehead atoms. The van der Waals surface area contributed by atoms with Gasteiger partial charge in [0.25, 0.3) is 0 Å². The fraction of sp³-hybridized carbons (Fsp3) is 0.444. The molecule has 1 unspecified atom stereocenters. The Labute approximate surface area is 154 Å². The summed E-state index contributed by atoms with van der Waals surface area (Å²) in [7, 11) is 0. The summed E-state index contributed by atoms with van der Waals surface area (Å²) in [6.07, 6.45) is 4.39. The fourth-order valence-corrected chi connectivity index (χ4v) is 4.38. The maximum absolute atomic E-state index is 12.2. The number of fused-ring (bicyclic) bond motifs is 2. The lowest BCUT2D eigenvalue weighted by Gasteiger charge is -2.15. The summed E-state index contributed by atoms with van der Waals surface area (Å²) in [6, 6.07) is 8.21. The van der Waals surface area contributed by atoms with Crippen LogP contribution in [0.5, 0.6) is 0 Å². The predicted octanol–water partition coefficient (Wildman–Crippen LogP) is 2.03. The Hall–Kier alpha value is -2.48. The Bertz CT molecular complexity index is 940. The Morgan fingerprint density at radius 1 is 1.35 bits per heavy atom. The second kappa shape index (κ2) is 7.41. The molecule has 0 radical (unpaired) electrons. The van der Waals surface area contributed by atoms with Crippen LogP contribution in [-0.4, -0.2) is 31.7 Å². The second-order valence-electron chi connectivity index (χ2n) is 6.62. The van der Waals surface area contributed by atoms with Crippen LogP contribution in [0.25, 0.3) is 10.2 Å². The van der Waals surface area contributed by atoms with E-state index in [1.165, 1.54) is 4.70 Å². The molecule has 0 saturated carbocycles. The molecule has 26 heavy (non-hydrogen) atoms. The van der Waals surface area contributed by atoms with Gasteiger partial charge in [-0.2, -0.15) is 5.10 Å². The van der Waals surface area contributed by atoms with Crippen LogP contribution in [0, 0.1) is 0 Å². The average Bonchev–Trinajstić information content (AvgIpc) is 3.13. The highest BCUT2D eigenvalue weighted by atomic mass is 32.1. The second-order valence-corrected chi connectivity index (χ2v) is 7.73. The molecule has 1 aliphatic heterocycles. The largest absolute Gasteiger partial charge is 0.353 e. The van der Waals surface area contributed by atoms with Crippen molar-refractivity contribution in [2.45, 2.75) is 51.1 Å². The van der Waals surface area contributed by atoms with E-state index in [9.17, 15) is 9.59 Å². The summed E-state index contributed by atoms with van der Waals surface area (Å²) in [5.74, 6) is 0.854. The van der Waals surface area contributed by atoms with Gasteiger partial charge in [0.05, 0.1) is 15.2 Å². The zero-order valence-electron chi connectivity index (χ0n) is 14.4. The molecule has 7 nitrogen and oxygen atoms in total. The van der Waals surface area contributed by atoms with Crippen LogP contribution >= 0.6 is 11.3 Å². The number of rotatable bonds is 5. The van der Waals surface area contributed by atoms with Crippen molar-refractivity contribution in [1.29, 1.82) is 0 Å². The average molecular weight is 371 g/mol. The first-order valence-electron chi connectivity index (χ1n) is 8.97. The zero-order chi connectivity index (χ0) is 17.9. The lowest BCUT2D eigenvalue weighted by molar-refractivity contribution is -0.122. The molecule has 3 heterocycles. The Balaban J connectivity index is 1.24. The summed E-state index contributed by atoms with van der Waals surface area (Å²) in [5, 5.41) is 10.7. The maximum Gasteiger partial charge on any atom is 0.343 e. The standard InChI is InChI=1S/C18H21N5O2S/c24-16(6-3-7-17-20-13-4-1-2-5-14(13)26-17)19-12-8-9-15-21-22-18(25)23(15)11-10-12/h1-2,4-5,12H,3,6-11H2,(H,19,24)(H,22,25). The first-order chi connectivity index (χ1) is 12.7. The number of hydrogen-bond acceptors (Lipinski definition) is 5. The van der Waals surface area contributed by atoms with Crippen LogP contribution in [0.3, 0.4) is 0 Å². The van der Waals surface area contributed by atoms with Gasteiger partial charge in [-0.15, -0.1) is 11.3 Å². The quantitative estimate of drug-likeness (QED) is 0.718. The number of benzene rings is 1. The highest BCUT2D eigenvalue weighted by Gasteiger charge is 2.20. The third kappa shape index (κ3) is 3.70. The first-order valence-corrected chi connectivity index (χ1v) is 9.78. The van der Waals surface area contributed by atoms with Crippen molar-refractivity contribution in [3.8, 4) is 0 Å². The van der Waals surface area contributed by atoms with E-state index in [1.54, 1.807) is 15.9 Å². The van der Waals surface area contributed by atoms with Crippen LogP contribution in [-0.2, 0) is 24.2 Å². The molecule has 1 aliphatic rings. The van der Waals surface area contributed by atoms with Crippen molar-refractivity contribution in [1.82, 2.24) is 25.1 Å². The van der Waals surface area contributed by atoms with Crippen LogP contribution in [0.4, 0.5) is 0 Å². The van der Waals surface area contributed by atoms with E-state index in [1.807, 2.05) is 18.2 Å². The SMILES string of the molecule is O=C(CCCc1nc2ccccc2s1)NC1CCc2n[nH]c(=O)n2CC1. The highest BCUT2D eigenvalue weighted by molar-refractivity contribution is 7.18. The molecule has 4 rings (SSSR count). The van der Waals surface area contributed by atoms with Gasteiger partial charge in [-0.3, -0.25) is 9.36 Å².